The van der Waals surface area contributed by atoms with Crippen LogP contribution in [-0.4, -0.2) is 17.4 Å². The number of alkyl halides is 3. The summed E-state index contributed by atoms with van der Waals surface area (Å²) in [5.41, 5.74) is 0.505. The van der Waals surface area contributed by atoms with Crippen molar-refractivity contribution in [1.82, 2.24) is 4.98 Å². The lowest BCUT2D eigenvalue weighted by Crippen LogP contribution is -2.12. The fraction of sp³-hybridized carbons (Fsp3) is 0.333. The van der Waals surface area contributed by atoms with Gasteiger partial charge in [0.05, 0.1) is 6.42 Å². The van der Waals surface area contributed by atoms with Gasteiger partial charge in [-0.1, -0.05) is 0 Å². The van der Waals surface area contributed by atoms with Gasteiger partial charge in [0.1, 0.15) is 5.69 Å². The topological polar surface area (TPSA) is 30.0 Å². The normalized spacial score (nSPS) is 11.4. The van der Waals surface area contributed by atoms with E-state index >= 15 is 0 Å². The SMILES string of the molecule is Cc1cc(CC(F)(F)F)cc(C=O)n1. The molecular formula is C9H8F3NO. The molecule has 1 rings (SSSR count). The van der Waals surface area contributed by atoms with Crippen LogP contribution < -0.4 is 0 Å². The van der Waals surface area contributed by atoms with Gasteiger partial charge in [0, 0.05) is 5.69 Å². The van der Waals surface area contributed by atoms with Crippen LogP contribution in [-0.2, 0) is 6.42 Å². The van der Waals surface area contributed by atoms with Crippen LogP contribution in [0.3, 0.4) is 0 Å². The number of halogens is 3. The Morgan fingerprint density at radius 2 is 2.07 bits per heavy atom. The third kappa shape index (κ3) is 3.16. The van der Waals surface area contributed by atoms with E-state index in [0.29, 0.717) is 12.0 Å². The van der Waals surface area contributed by atoms with E-state index in [4.69, 9.17) is 0 Å². The predicted octanol–water partition coefficient (Wildman–Crippen LogP) is 2.31. The highest BCUT2D eigenvalue weighted by Crippen LogP contribution is 2.21. The highest BCUT2D eigenvalue weighted by atomic mass is 19.4. The predicted molar refractivity (Wildman–Crippen MR) is 44.1 cm³/mol. The number of aldehydes is 1. The van der Waals surface area contributed by atoms with E-state index in [2.05, 4.69) is 4.98 Å². The van der Waals surface area contributed by atoms with E-state index in [1.807, 2.05) is 0 Å². The quantitative estimate of drug-likeness (QED) is 0.690. The molecule has 0 N–H and O–H groups in total. The smallest absolute Gasteiger partial charge is 0.296 e. The zero-order valence-electron chi connectivity index (χ0n) is 7.43. The first-order valence-corrected chi connectivity index (χ1v) is 3.90. The van der Waals surface area contributed by atoms with Crippen molar-refractivity contribution < 1.29 is 18.0 Å². The van der Waals surface area contributed by atoms with Gasteiger partial charge in [0.2, 0.25) is 0 Å². The Labute approximate surface area is 78.8 Å². The van der Waals surface area contributed by atoms with Crippen LogP contribution >= 0.6 is 0 Å². The molecule has 0 saturated heterocycles. The molecule has 0 aliphatic heterocycles. The Bertz CT molecular complexity index is 346. The van der Waals surface area contributed by atoms with Crippen molar-refractivity contribution in [3.8, 4) is 0 Å². The fourth-order valence-electron chi connectivity index (χ4n) is 1.16. The minimum absolute atomic E-state index is 0.0317. The molecule has 0 spiro atoms. The number of aryl methyl sites for hydroxylation is 1. The van der Waals surface area contributed by atoms with Gasteiger partial charge in [-0.2, -0.15) is 13.2 Å². The maximum atomic E-state index is 12.0. The number of aromatic nitrogens is 1. The summed E-state index contributed by atoms with van der Waals surface area (Å²) in [7, 11) is 0. The summed E-state index contributed by atoms with van der Waals surface area (Å²) in [6, 6.07) is 2.47. The minimum atomic E-state index is -4.26. The molecule has 0 unspecified atom stereocenters. The van der Waals surface area contributed by atoms with Crippen molar-refractivity contribution in [2.75, 3.05) is 0 Å². The van der Waals surface area contributed by atoms with E-state index < -0.39 is 12.6 Å². The molecule has 1 aromatic rings. The highest BCUT2D eigenvalue weighted by Gasteiger charge is 2.27. The maximum Gasteiger partial charge on any atom is 0.393 e. The molecule has 0 bridgehead atoms. The zero-order chi connectivity index (χ0) is 10.8. The summed E-state index contributed by atoms with van der Waals surface area (Å²) in [6.07, 6.45) is -4.85. The maximum absolute atomic E-state index is 12.0. The number of nitrogens with zero attached hydrogens (tertiary/aromatic N) is 1. The van der Waals surface area contributed by atoms with E-state index in [1.165, 1.54) is 6.07 Å². The summed E-state index contributed by atoms with van der Waals surface area (Å²) >= 11 is 0. The Hall–Kier alpha value is -1.39. The number of rotatable bonds is 2. The molecule has 0 aromatic carbocycles. The largest absolute Gasteiger partial charge is 0.393 e. The standard InChI is InChI=1S/C9H8F3NO/c1-6-2-7(4-9(10,11)12)3-8(5-14)13-6/h2-3,5H,4H2,1H3. The first kappa shape index (κ1) is 10.7. The lowest BCUT2D eigenvalue weighted by molar-refractivity contribution is -0.127. The molecule has 0 atom stereocenters. The van der Waals surface area contributed by atoms with Gasteiger partial charge in [-0.3, -0.25) is 9.78 Å². The second kappa shape index (κ2) is 3.77. The summed E-state index contributed by atoms with van der Waals surface area (Å²) in [5.74, 6) is 0. The van der Waals surface area contributed by atoms with E-state index in [-0.39, 0.29) is 11.3 Å². The Morgan fingerprint density at radius 3 is 2.57 bits per heavy atom. The van der Waals surface area contributed by atoms with Crippen LogP contribution in [0.15, 0.2) is 12.1 Å². The van der Waals surface area contributed by atoms with Crippen LogP contribution in [0.2, 0.25) is 0 Å². The summed E-state index contributed by atoms with van der Waals surface area (Å²) < 4.78 is 36.0. The first-order chi connectivity index (χ1) is 6.40. The van der Waals surface area contributed by atoms with Crippen LogP contribution in [0.1, 0.15) is 21.7 Å². The Kier molecular flexibility index (Phi) is 2.88. The van der Waals surface area contributed by atoms with E-state index in [0.717, 1.165) is 6.07 Å². The van der Waals surface area contributed by atoms with Gasteiger partial charge < -0.3 is 0 Å². The lowest BCUT2D eigenvalue weighted by Gasteiger charge is -2.07. The molecule has 0 amide bonds. The average molecular weight is 203 g/mol. The molecule has 0 radical (unpaired) electrons. The summed E-state index contributed by atoms with van der Waals surface area (Å²) in [4.78, 5) is 14.1. The second-order valence-electron chi connectivity index (χ2n) is 2.95. The molecule has 0 fully saturated rings. The average Bonchev–Trinajstić information content (AvgIpc) is 1.99. The van der Waals surface area contributed by atoms with Crippen LogP contribution in [0.5, 0.6) is 0 Å². The number of carbonyl (C=O) groups is 1. The lowest BCUT2D eigenvalue weighted by atomic mass is 10.1. The third-order valence-electron chi connectivity index (χ3n) is 1.56. The van der Waals surface area contributed by atoms with Gasteiger partial charge in [0.15, 0.2) is 6.29 Å². The number of hydrogen-bond acceptors (Lipinski definition) is 2. The van der Waals surface area contributed by atoms with Crippen molar-refractivity contribution >= 4 is 6.29 Å². The van der Waals surface area contributed by atoms with Crippen LogP contribution in [0, 0.1) is 6.92 Å². The Balaban J connectivity index is 2.98. The number of hydrogen-bond donors (Lipinski definition) is 0. The molecule has 0 aliphatic carbocycles. The van der Waals surface area contributed by atoms with Crippen molar-refractivity contribution in [2.24, 2.45) is 0 Å². The Morgan fingerprint density at radius 1 is 1.43 bits per heavy atom. The highest BCUT2D eigenvalue weighted by molar-refractivity contribution is 5.72. The van der Waals surface area contributed by atoms with Crippen molar-refractivity contribution in [3.63, 3.8) is 0 Å². The number of pyridine rings is 1. The molecule has 0 saturated carbocycles. The van der Waals surface area contributed by atoms with Gasteiger partial charge in [-0.05, 0) is 24.6 Å². The molecular weight excluding hydrogens is 195 g/mol. The van der Waals surface area contributed by atoms with Crippen molar-refractivity contribution in [3.05, 3.63) is 29.1 Å². The molecule has 1 heterocycles. The summed E-state index contributed by atoms with van der Waals surface area (Å²) in [5, 5.41) is 0. The molecule has 0 aliphatic rings. The molecule has 76 valence electrons. The number of carbonyl (C=O) groups excluding carboxylic acids is 1. The van der Waals surface area contributed by atoms with Gasteiger partial charge in [-0.15, -0.1) is 0 Å². The zero-order valence-corrected chi connectivity index (χ0v) is 7.43. The van der Waals surface area contributed by atoms with Gasteiger partial charge in [0.25, 0.3) is 0 Å². The van der Waals surface area contributed by atoms with E-state index in [9.17, 15) is 18.0 Å². The van der Waals surface area contributed by atoms with Crippen molar-refractivity contribution in [2.45, 2.75) is 19.5 Å². The van der Waals surface area contributed by atoms with E-state index in [1.54, 1.807) is 6.92 Å². The van der Waals surface area contributed by atoms with Gasteiger partial charge in [-0.25, -0.2) is 0 Å². The molecule has 5 heteroatoms. The van der Waals surface area contributed by atoms with Crippen molar-refractivity contribution in [1.29, 1.82) is 0 Å². The molecule has 1 aromatic heterocycles. The first-order valence-electron chi connectivity index (χ1n) is 3.90. The summed E-state index contributed by atoms with van der Waals surface area (Å²) in [6.45, 7) is 1.55. The minimum Gasteiger partial charge on any atom is -0.296 e. The molecule has 2 nitrogen and oxygen atoms in total. The monoisotopic (exact) mass is 203 g/mol. The second-order valence-corrected chi connectivity index (χ2v) is 2.95. The fourth-order valence-corrected chi connectivity index (χ4v) is 1.16. The molecule has 14 heavy (non-hydrogen) atoms. The van der Waals surface area contributed by atoms with Crippen LogP contribution in [0.25, 0.3) is 0 Å². The van der Waals surface area contributed by atoms with Gasteiger partial charge >= 0.3 is 6.18 Å². The third-order valence-corrected chi connectivity index (χ3v) is 1.56. The van der Waals surface area contributed by atoms with Crippen LogP contribution in [0.4, 0.5) is 13.2 Å².